The van der Waals surface area contributed by atoms with Crippen LogP contribution in [0.4, 0.5) is 0 Å². The van der Waals surface area contributed by atoms with E-state index in [1.807, 2.05) is 48.5 Å². The van der Waals surface area contributed by atoms with Gasteiger partial charge in [0.2, 0.25) is 0 Å². The maximum atomic E-state index is 9.44. The maximum Gasteiger partial charge on any atom is 0.0791 e. The number of aliphatic hydroxyl groups is 1. The minimum atomic E-state index is -0.584. The molecule has 1 unspecified atom stereocenters. The summed E-state index contributed by atoms with van der Waals surface area (Å²) < 4.78 is 0. The largest absolute Gasteiger partial charge is 0.389 e. The number of aliphatic hydroxyl groups excluding tert-OH is 1. The lowest BCUT2D eigenvalue weighted by Crippen LogP contribution is -1.94. The first-order chi connectivity index (χ1) is 12.1. The summed E-state index contributed by atoms with van der Waals surface area (Å²) in [5.41, 5.74) is 2.47. The summed E-state index contributed by atoms with van der Waals surface area (Å²) in [4.78, 5) is 8.38. The lowest BCUT2D eigenvalue weighted by atomic mass is 10.1. The summed E-state index contributed by atoms with van der Waals surface area (Å²) in [5, 5.41) is 12.7. The van der Waals surface area contributed by atoms with Crippen molar-refractivity contribution < 1.29 is 5.11 Å². The van der Waals surface area contributed by atoms with Crippen molar-refractivity contribution in [3.63, 3.8) is 0 Å². The first-order valence-corrected chi connectivity index (χ1v) is 8.54. The van der Waals surface area contributed by atoms with E-state index in [0.29, 0.717) is 10.6 Å². The number of halogens is 2. The van der Waals surface area contributed by atoms with Crippen LogP contribution in [0.3, 0.4) is 0 Å². The van der Waals surface area contributed by atoms with Gasteiger partial charge in [0, 0.05) is 28.7 Å². The van der Waals surface area contributed by atoms with Crippen LogP contribution in [0.15, 0.2) is 67.0 Å². The fourth-order valence-electron chi connectivity index (χ4n) is 2.48. The molecular formula is C20H16Cl2N2O. The number of nitrogens with zero attached hydrogens (tertiary/aromatic N) is 2. The van der Waals surface area contributed by atoms with Crippen molar-refractivity contribution >= 4 is 45.0 Å². The van der Waals surface area contributed by atoms with E-state index in [1.165, 1.54) is 0 Å². The van der Waals surface area contributed by atoms with Gasteiger partial charge >= 0.3 is 0 Å². The van der Waals surface area contributed by atoms with E-state index in [9.17, 15) is 5.11 Å². The Hall–Kier alpha value is -2.20. The molecule has 1 atom stereocenters. The van der Waals surface area contributed by atoms with E-state index in [0.717, 1.165) is 26.8 Å². The summed E-state index contributed by atoms with van der Waals surface area (Å²) in [6.45, 7) is 1.68. The molecule has 2 aromatic carbocycles. The van der Waals surface area contributed by atoms with Crippen molar-refractivity contribution in [3.8, 4) is 0 Å². The molecule has 0 aliphatic rings. The van der Waals surface area contributed by atoms with Gasteiger partial charge in [0.25, 0.3) is 0 Å². The lowest BCUT2D eigenvalue weighted by Gasteiger charge is -2.08. The fraction of sp³-hybridized carbons (Fsp3) is 0.100. The third kappa shape index (κ3) is 3.90. The normalized spacial score (nSPS) is 11.8. The zero-order chi connectivity index (χ0) is 17.8. The van der Waals surface area contributed by atoms with Crippen LogP contribution in [-0.2, 0) is 0 Å². The van der Waals surface area contributed by atoms with Gasteiger partial charge in [-0.3, -0.25) is 9.97 Å². The summed E-state index contributed by atoms with van der Waals surface area (Å²) in [5.74, 6) is 0. The number of aromatic nitrogens is 2. The average Bonchev–Trinajstić information content (AvgIpc) is 2.63. The SMILES string of the molecule is CC(O)c1cnc2ccccc2c1Cl.Clc1ccnc2ccccc12. The van der Waals surface area contributed by atoms with Gasteiger partial charge < -0.3 is 5.11 Å². The van der Waals surface area contributed by atoms with E-state index in [1.54, 1.807) is 25.4 Å². The smallest absolute Gasteiger partial charge is 0.0791 e. The Balaban J connectivity index is 0.000000150. The first-order valence-electron chi connectivity index (χ1n) is 7.78. The van der Waals surface area contributed by atoms with Crippen molar-refractivity contribution in [3.05, 3.63) is 82.6 Å². The molecule has 126 valence electrons. The van der Waals surface area contributed by atoms with Crippen LogP contribution in [0.1, 0.15) is 18.6 Å². The number of fused-ring (bicyclic) bond motifs is 2. The quantitative estimate of drug-likeness (QED) is 0.458. The minimum Gasteiger partial charge on any atom is -0.389 e. The maximum absolute atomic E-state index is 9.44. The van der Waals surface area contributed by atoms with E-state index in [4.69, 9.17) is 23.2 Å². The molecule has 5 heteroatoms. The predicted octanol–water partition coefficient (Wildman–Crippen LogP) is 5.83. The number of rotatable bonds is 1. The lowest BCUT2D eigenvalue weighted by molar-refractivity contribution is 0.199. The molecule has 0 aliphatic heterocycles. The molecule has 0 saturated carbocycles. The van der Waals surface area contributed by atoms with Crippen molar-refractivity contribution in [2.75, 3.05) is 0 Å². The van der Waals surface area contributed by atoms with E-state index in [2.05, 4.69) is 9.97 Å². The first kappa shape index (κ1) is 17.6. The third-order valence-electron chi connectivity index (χ3n) is 3.78. The van der Waals surface area contributed by atoms with Crippen LogP contribution >= 0.6 is 23.2 Å². The molecule has 4 aromatic rings. The Labute approximate surface area is 155 Å². The van der Waals surface area contributed by atoms with Crippen LogP contribution in [0, 0.1) is 0 Å². The molecule has 0 radical (unpaired) electrons. The molecule has 0 amide bonds. The molecule has 3 nitrogen and oxygen atoms in total. The summed E-state index contributed by atoms with van der Waals surface area (Å²) >= 11 is 12.1. The van der Waals surface area contributed by atoms with Crippen molar-refractivity contribution in [2.45, 2.75) is 13.0 Å². The second-order valence-electron chi connectivity index (χ2n) is 5.53. The molecule has 4 rings (SSSR count). The fourth-order valence-corrected chi connectivity index (χ4v) is 3.06. The molecule has 0 aliphatic carbocycles. The summed E-state index contributed by atoms with van der Waals surface area (Å²) in [7, 11) is 0. The van der Waals surface area contributed by atoms with Crippen molar-refractivity contribution in [2.24, 2.45) is 0 Å². The van der Waals surface area contributed by atoms with Gasteiger partial charge in [0.05, 0.1) is 27.2 Å². The highest BCUT2D eigenvalue weighted by atomic mass is 35.5. The zero-order valence-electron chi connectivity index (χ0n) is 13.5. The third-order valence-corrected chi connectivity index (χ3v) is 4.53. The molecule has 25 heavy (non-hydrogen) atoms. The highest BCUT2D eigenvalue weighted by molar-refractivity contribution is 6.36. The van der Waals surface area contributed by atoms with E-state index in [-0.39, 0.29) is 0 Å². The second kappa shape index (κ2) is 7.79. The Morgan fingerprint density at radius 2 is 1.44 bits per heavy atom. The Morgan fingerprint density at radius 3 is 2.08 bits per heavy atom. The Morgan fingerprint density at radius 1 is 0.840 bits per heavy atom. The van der Waals surface area contributed by atoms with Gasteiger partial charge in [-0.05, 0) is 25.1 Å². The molecule has 0 spiro atoms. The number of hydrogen-bond acceptors (Lipinski definition) is 3. The second-order valence-corrected chi connectivity index (χ2v) is 6.32. The van der Waals surface area contributed by atoms with Crippen molar-refractivity contribution in [1.29, 1.82) is 0 Å². The minimum absolute atomic E-state index is 0.584. The molecule has 0 fully saturated rings. The van der Waals surface area contributed by atoms with Crippen LogP contribution in [-0.4, -0.2) is 15.1 Å². The topological polar surface area (TPSA) is 46.0 Å². The molecule has 2 aromatic heterocycles. The Bertz CT molecular complexity index is 1010. The van der Waals surface area contributed by atoms with Gasteiger partial charge in [-0.2, -0.15) is 0 Å². The van der Waals surface area contributed by atoms with Gasteiger partial charge in [0.1, 0.15) is 0 Å². The highest BCUT2D eigenvalue weighted by Gasteiger charge is 2.09. The summed E-state index contributed by atoms with van der Waals surface area (Å²) in [6, 6.07) is 17.2. The highest BCUT2D eigenvalue weighted by Crippen LogP contribution is 2.29. The monoisotopic (exact) mass is 370 g/mol. The number of pyridine rings is 2. The van der Waals surface area contributed by atoms with Crippen LogP contribution in [0.25, 0.3) is 21.8 Å². The van der Waals surface area contributed by atoms with E-state index >= 15 is 0 Å². The number of para-hydroxylation sites is 2. The number of hydrogen-bond donors (Lipinski definition) is 1. The molecular weight excluding hydrogens is 355 g/mol. The van der Waals surface area contributed by atoms with Gasteiger partial charge in [-0.1, -0.05) is 59.6 Å². The molecule has 0 bridgehead atoms. The van der Waals surface area contributed by atoms with Crippen LogP contribution in [0.5, 0.6) is 0 Å². The van der Waals surface area contributed by atoms with Crippen LogP contribution in [0.2, 0.25) is 10.0 Å². The average molecular weight is 371 g/mol. The van der Waals surface area contributed by atoms with Gasteiger partial charge in [0.15, 0.2) is 0 Å². The molecule has 0 saturated heterocycles. The standard InChI is InChI=1S/C11H10ClNO.C9H6ClN/c1-7(14)9-6-13-10-5-3-2-4-8(10)11(9)12;10-8-5-6-11-9-4-2-1-3-7(8)9/h2-7,14H,1H3;1-6H. The van der Waals surface area contributed by atoms with Gasteiger partial charge in [-0.25, -0.2) is 0 Å². The van der Waals surface area contributed by atoms with E-state index < -0.39 is 6.10 Å². The Kier molecular flexibility index (Phi) is 5.49. The zero-order valence-corrected chi connectivity index (χ0v) is 15.0. The predicted molar refractivity (Wildman–Crippen MR) is 104 cm³/mol. The molecule has 1 N–H and O–H groups in total. The van der Waals surface area contributed by atoms with Crippen LogP contribution < -0.4 is 0 Å². The molecule has 2 heterocycles. The van der Waals surface area contributed by atoms with Gasteiger partial charge in [-0.15, -0.1) is 0 Å². The van der Waals surface area contributed by atoms with Crippen molar-refractivity contribution in [1.82, 2.24) is 9.97 Å². The number of benzene rings is 2. The summed E-state index contributed by atoms with van der Waals surface area (Å²) in [6.07, 6.45) is 2.75.